The summed E-state index contributed by atoms with van der Waals surface area (Å²) >= 11 is 1.32. The molecule has 0 aliphatic heterocycles. The van der Waals surface area contributed by atoms with Crippen LogP contribution in [0.3, 0.4) is 0 Å². The fourth-order valence-corrected chi connectivity index (χ4v) is 2.64. The molecule has 0 fully saturated rings. The summed E-state index contributed by atoms with van der Waals surface area (Å²) in [5.74, 6) is 0. The minimum Gasteiger partial charge on any atom is -0.398 e. The summed E-state index contributed by atoms with van der Waals surface area (Å²) in [6, 6.07) is 16.8. The van der Waals surface area contributed by atoms with E-state index in [0.717, 1.165) is 10.6 Å². The Bertz CT molecular complexity index is 806. The number of nitriles is 1. The minimum absolute atomic E-state index is 0.547. The summed E-state index contributed by atoms with van der Waals surface area (Å²) in [5, 5.41) is 21.2. The van der Waals surface area contributed by atoms with Gasteiger partial charge in [-0.25, -0.2) is 0 Å². The number of rotatable bonds is 3. The number of hydrogen-bond donors (Lipinski definition) is 1. The molecule has 3 rings (SSSR count). The predicted octanol–water partition coefficient (Wildman–Crippen LogP) is 2.27. The highest BCUT2D eigenvalue weighted by Crippen LogP contribution is 2.32. The van der Waals surface area contributed by atoms with E-state index in [4.69, 9.17) is 11.0 Å². The van der Waals surface area contributed by atoms with Crippen LogP contribution in [-0.4, -0.2) is 20.2 Å². The topological polar surface area (TPSA) is 93.4 Å². The fourth-order valence-electron chi connectivity index (χ4n) is 1.76. The van der Waals surface area contributed by atoms with Gasteiger partial charge >= 0.3 is 0 Å². The summed E-state index contributed by atoms with van der Waals surface area (Å²) < 4.78 is 1.63. The Morgan fingerprint density at radius 2 is 1.95 bits per heavy atom. The van der Waals surface area contributed by atoms with Gasteiger partial charge in [-0.05, 0) is 52.5 Å². The third-order valence-electron chi connectivity index (χ3n) is 2.79. The number of hydrogen-bond acceptors (Lipinski definition) is 6. The van der Waals surface area contributed by atoms with Gasteiger partial charge in [-0.1, -0.05) is 18.2 Å². The van der Waals surface area contributed by atoms with E-state index in [-0.39, 0.29) is 0 Å². The molecule has 102 valence electrons. The molecule has 0 atom stereocenters. The Labute approximate surface area is 125 Å². The smallest absolute Gasteiger partial charge is 0.218 e. The van der Waals surface area contributed by atoms with Crippen LogP contribution in [0.4, 0.5) is 5.69 Å². The maximum Gasteiger partial charge on any atom is 0.218 e. The molecule has 0 aliphatic rings. The fraction of sp³-hybridized carbons (Fsp3) is 0. The highest BCUT2D eigenvalue weighted by Gasteiger charge is 2.12. The molecule has 6 nitrogen and oxygen atoms in total. The van der Waals surface area contributed by atoms with Crippen molar-refractivity contribution in [2.45, 2.75) is 10.1 Å². The van der Waals surface area contributed by atoms with Crippen molar-refractivity contribution in [2.24, 2.45) is 0 Å². The second kappa shape index (κ2) is 5.64. The van der Waals surface area contributed by atoms with E-state index >= 15 is 0 Å². The third-order valence-corrected chi connectivity index (χ3v) is 3.80. The number of nitrogens with zero attached hydrogens (tertiary/aromatic N) is 5. The Morgan fingerprint density at radius 1 is 1.14 bits per heavy atom. The van der Waals surface area contributed by atoms with E-state index in [1.807, 2.05) is 30.3 Å². The van der Waals surface area contributed by atoms with Gasteiger partial charge in [0.05, 0.1) is 17.3 Å². The van der Waals surface area contributed by atoms with Crippen LogP contribution in [0.15, 0.2) is 58.6 Å². The summed E-state index contributed by atoms with van der Waals surface area (Å²) in [5.41, 5.74) is 7.93. The first-order chi connectivity index (χ1) is 10.3. The highest BCUT2D eigenvalue weighted by atomic mass is 32.2. The van der Waals surface area contributed by atoms with Crippen molar-refractivity contribution in [2.75, 3.05) is 5.73 Å². The number of nitrogens with two attached hydrogens (primary N) is 1. The molecule has 0 unspecified atom stereocenters. The molecule has 7 heteroatoms. The zero-order chi connectivity index (χ0) is 14.7. The van der Waals surface area contributed by atoms with Crippen LogP contribution < -0.4 is 5.73 Å². The van der Waals surface area contributed by atoms with Crippen LogP contribution >= 0.6 is 11.8 Å². The molecule has 1 heterocycles. The van der Waals surface area contributed by atoms with Gasteiger partial charge in [0.2, 0.25) is 5.16 Å². The average molecular weight is 294 g/mol. The molecule has 21 heavy (non-hydrogen) atoms. The zero-order valence-electron chi connectivity index (χ0n) is 10.8. The summed E-state index contributed by atoms with van der Waals surface area (Å²) in [6.07, 6.45) is 0. The second-order valence-corrected chi connectivity index (χ2v) is 5.18. The van der Waals surface area contributed by atoms with Gasteiger partial charge in [0.1, 0.15) is 0 Å². The molecule has 0 radical (unpaired) electrons. The largest absolute Gasteiger partial charge is 0.398 e. The van der Waals surface area contributed by atoms with Gasteiger partial charge in [0.25, 0.3) is 0 Å². The van der Waals surface area contributed by atoms with Crippen molar-refractivity contribution in [3.05, 3.63) is 54.1 Å². The minimum atomic E-state index is 0.547. The van der Waals surface area contributed by atoms with Crippen LogP contribution in [0.2, 0.25) is 0 Å². The number of aromatic nitrogens is 4. The lowest BCUT2D eigenvalue weighted by Gasteiger charge is -2.06. The van der Waals surface area contributed by atoms with Crippen molar-refractivity contribution in [1.29, 1.82) is 5.26 Å². The third kappa shape index (κ3) is 2.70. The van der Waals surface area contributed by atoms with Gasteiger partial charge in [-0.2, -0.15) is 9.94 Å². The van der Waals surface area contributed by atoms with E-state index in [1.165, 1.54) is 11.8 Å². The van der Waals surface area contributed by atoms with Crippen molar-refractivity contribution in [1.82, 2.24) is 20.2 Å². The number of para-hydroxylation sites is 1. The predicted molar refractivity (Wildman–Crippen MR) is 78.8 cm³/mol. The van der Waals surface area contributed by atoms with Crippen LogP contribution in [-0.2, 0) is 0 Å². The normalized spacial score (nSPS) is 10.2. The maximum absolute atomic E-state index is 8.97. The van der Waals surface area contributed by atoms with E-state index in [9.17, 15) is 0 Å². The summed E-state index contributed by atoms with van der Waals surface area (Å²) in [4.78, 5) is 0.751. The standard InChI is InChI=1S/C14H10N6S/c15-9-10-6-7-12(16)13(8-10)21-14-17-18-19-20(14)11-4-2-1-3-5-11/h1-8H,16H2. The molecular weight excluding hydrogens is 284 g/mol. The number of benzene rings is 2. The van der Waals surface area contributed by atoms with Crippen LogP contribution in [0.1, 0.15) is 5.56 Å². The Balaban J connectivity index is 1.97. The Hall–Kier alpha value is -2.85. The second-order valence-electron chi connectivity index (χ2n) is 4.18. The van der Waals surface area contributed by atoms with E-state index in [0.29, 0.717) is 16.4 Å². The lowest BCUT2D eigenvalue weighted by atomic mass is 10.2. The van der Waals surface area contributed by atoms with Gasteiger partial charge in [-0.15, -0.1) is 5.10 Å². The van der Waals surface area contributed by atoms with Crippen LogP contribution in [0.5, 0.6) is 0 Å². The monoisotopic (exact) mass is 294 g/mol. The molecule has 0 amide bonds. The van der Waals surface area contributed by atoms with Crippen LogP contribution in [0, 0.1) is 11.3 Å². The SMILES string of the molecule is N#Cc1ccc(N)c(Sc2nnnn2-c2ccccc2)c1. The molecule has 0 saturated carbocycles. The summed E-state index contributed by atoms with van der Waals surface area (Å²) in [7, 11) is 0. The van der Waals surface area contributed by atoms with Gasteiger partial charge < -0.3 is 5.73 Å². The molecule has 0 saturated heterocycles. The van der Waals surface area contributed by atoms with E-state index in [2.05, 4.69) is 21.6 Å². The van der Waals surface area contributed by atoms with Crippen molar-refractivity contribution < 1.29 is 0 Å². The maximum atomic E-state index is 8.97. The van der Waals surface area contributed by atoms with Gasteiger partial charge in [0.15, 0.2) is 0 Å². The molecule has 2 N–H and O–H groups in total. The van der Waals surface area contributed by atoms with E-state index in [1.54, 1.807) is 22.9 Å². The van der Waals surface area contributed by atoms with Gasteiger partial charge in [-0.3, -0.25) is 0 Å². The molecule has 0 aliphatic carbocycles. The Morgan fingerprint density at radius 3 is 2.71 bits per heavy atom. The van der Waals surface area contributed by atoms with E-state index < -0.39 is 0 Å². The molecule has 0 spiro atoms. The molecule has 0 bridgehead atoms. The average Bonchev–Trinajstić information content (AvgIpc) is 2.98. The Kier molecular flexibility index (Phi) is 3.53. The molecule has 2 aromatic carbocycles. The summed E-state index contributed by atoms with van der Waals surface area (Å²) in [6.45, 7) is 0. The lowest BCUT2D eigenvalue weighted by Crippen LogP contribution is -1.99. The first-order valence-electron chi connectivity index (χ1n) is 6.09. The number of tetrazole rings is 1. The van der Waals surface area contributed by atoms with Gasteiger partial charge in [0, 0.05) is 10.6 Å². The van der Waals surface area contributed by atoms with Crippen molar-refractivity contribution in [3.8, 4) is 11.8 Å². The quantitative estimate of drug-likeness (QED) is 0.745. The van der Waals surface area contributed by atoms with Crippen molar-refractivity contribution in [3.63, 3.8) is 0 Å². The first-order valence-corrected chi connectivity index (χ1v) is 6.91. The number of nitrogen functional groups attached to an aromatic ring is 1. The molecule has 3 aromatic rings. The zero-order valence-corrected chi connectivity index (χ0v) is 11.7. The number of anilines is 1. The lowest BCUT2D eigenvalue weighted by molar-refractivity contribution is 0.756. The highest BCUT2D eigenvalue weighted by molar-refractivity contribution is 7.99. The molecule has 1 aromatic heterocycles. The molecular formula is C14H10N6S. The van der Waals surface area contributed by atoms with Crippen molar-refractivity contribution >= 4 is 17.4 Å². The van der Waals surface area contributed by atoms with Crippen LogP contribution in [0.25, 0.3) is 5.69 Å². The first kappa shape index (κ1) is 13.1.